The van der Waals surface area contributed by atoms with Crippen LogP contribution >= 0.6 is 0 Å². The van der Waals surface area contributed by atoms with Gasteiger partial charge in [-0.3, -0.25) is 57.5 Å². The van der Waals surface area contributed by atoms with Gasteiger partial charge >= 0.3 is 12.4 Å². The van der Waals surface area contributed by atoms with Crippen LogP contribution in [0.1, 0.15) is 182 Å². The van der Waals surface area contributed by atoms with Gasteiger partial charge in [0.1, 0.15) is 72.1 Å². The molecule has 0 radical (unpaired) electrons. The number of likely N-dealkylation sites (N-methyl/N-ethyl adjacent to an activating group) is 6. The third-order valence-corrected chi connectivity index (χ3v) is 25.0. The Morgan fingerprint density at radius 3 is 1.78 bits per heavy atom. The van der Waals surface area contributed by atoms with Crippen LogP contribution in [0, 0.1) is 41.4 Å². The average Bonchev–Trinajstić information content (AvgIpc) is 1.27. The van der Waals surface area contributed by atoms with Crippen molar-refractivity contribution in [3.63, 3.8) is 0 Å². The molecule has 622 valence electrons. The van der Waals surface area contributed by atoms with Gasteiger partial charge in [0.2, 0.25) is 70.9 Å². The zero-order chi connectivity index (χ0) is 81.2. The number of amides is 12. The molecule has 8 fully saturated rings. The molecule has 12 atom stereocenters. The predicted octanol–water partition coefficient (Wildman–Crippen LogP) is 5.96. The Morgan fingerprint density at radius 2 is 1.21 bits per heavy atom. The normalized spacial score (nSPS) is 32.3. The first-order valence-electron chi connectivity index (χ1n) is 39.6. The lowest BCUT2D eigenvalue weighted by molar-refractivity contribution is -0.219. The van der Waals surface area contributed by atoms with Crippen LogP contribution in [0.5, 0.6) is 0 Å². The average molecular weight is 1580 g/mol. The number of fused-ring (bicyclic) bond motifs is 3. The molecule has 0 aromatic heterocycles. The van der Waals surface area contributed by atoms with Crippen LogP contribution in [0.15, 0.2) is 0 Å². The number of rotatable bonds is 12. The second-order valence-corrected chi connectivity index (χ2v) is 32.9. The Hall–Kier alpha value is -7.00. The molecule has 3 N–H and O–H groups in total. The largest absolute Gasteiger partial charge is 0.397 e. The second-order valence-electron chi connectivity index (χ2n) is 32.9. The van der Waals surface area contributed by atoms with Gasteiger partial charge < -0.3 is 69.5 Å². The fourth-order valence-electron chi connectivity index (χ4n) is 17.9. The van der Waals surface area contributed by atoms with Gasteiger partial charge in [0.05, 0.1) is 44.7 Å². The van der Waals surface area contributed by atoms with E-state index in [4.69, 9.17) is 9.47 Å². The van der Waals surface area contributed by atoms with Crippen molar-refractivity contribution in [1.82, 2.24) is 60.0 Å². The SMILES string of the molecule is CC[C@H](C)[C@@H]1NC(=O)[C@H](CC(C)C)N(C)C(=O)C[C@@H](C(=O)N2CCOCC2)N(C)C(=O)[C@H](C2CCCC2)N(C)C(=O)C2(CCC2)NC(=O)[C@@H]2[C@H](OC)CCN2C(=O)[C@H](CCC2CC(F)C(C(F)(F)F)C(F)C2)NC(=O)CN(C)C(=O)[C@H](CC2CCC(C(F)(F)F)CC2)N2CCCCC[C@@H](C2=O)N(C)C(=O)CN(C)C1=O. The number of ether oxygens (including phenoxy) is 2. The summed E-state index contributed by atoms with van der Waals surface area (Å²) in [6.07, 6.45) is -15.4. The third-order valence-electron chi connectivity index (χ3n) is 25.0. The van der Waals surface area contributed by atoms with Crippen molar-refractivity contribution in [3.05, 3.63) is 0 Å². The number of carbonyl (C=O) groups excluding carboxylic acids is 12. The number of carbonyl (C=O) groups is 12. The van der Waals surface area contributed by atoms with E-state index < -0.39 is 230 Å². The fraction of sp³-hybridized carbons (Fsp3) is 0.842. The zero-order valence-electron chi connectivity index (χ0n) is 65.8. The summed E-state index contributed by atoms with van der Waals surface area (Å²) in [5, 5.41) is 8.43. The number of nitrogens with one attached hydrogen (secondary N) is 3. The Morgan fingerprint density at radius 1 is 0.591 bits per heavy atom. The van der Waals surface area contributed by atoms with E-state index in [-0.39, 0.29) is 116 Å². The molecular weight excluding hydrogens is 1460 g/mol. The molecule has 4 aliphatic heterocycles. The van der Waals surface area contributed by atoms with Crippen molar-refractivity contribution < 1.29 is 102 Å². The Kier molecular flexibility index (Phi) is 30.8. The van der Waals surface area contributed by atoms with Crippen LogP contribution < -0.4 is 16.0 Å². The number of hydrogen-bond acceptors (Lipinski definition) is 14. The number of hydrogen-bond donors (Lipinski definition) is 3. The van der Waals surface area contributed by atoms with Gasteiger partial charge in [-0.25, -0.2) is 8.78 Å². The summed E-state index contributed by atoms with van der Waals surface area (Å²) in [6.45, 7) is 5.85. The summed E-state index contributed by atoms with van der Waals surface area (Å²) >= 11 is 0. The van der Waals surface area contributed by atoms with Crippen LogP contribution in [0.3, 0.4) is 0 Å². The summed E-state index contributed by atoms with van der Waals surface area (Å²) in [7, 11) is 9.38. The summed E-state index contributed by atoms with van der Waals surface area (Å²) in [5.41, 5.74) is -1.71. The van der Waals surface area contributed by atoms with Crippen molar-refractivity contribution in [2.45, 2.75) is 266 Å². The van der Waals surface area contributed by atoms with Crippen molar-refractivity contribution in [2.24, 2.45) is 41.4 Å². The van der Waals surface area contributed by atoms with Gasteiger partial charge in [-0.1, -0.05) is 59.8 Å². The van der Waals surface area contributed by atoms with Crippen molar-refractivity contribution in [3.8, 4) is 0 Å². The van der Waals surface area contributed by atoms with Crippen LogP contribution in [-0.2, 0) is 67.0 Å². The molecule has 0 aromatic rings. The fourth-order valence-corrected chi connectivity index (χ4v) is 17.9. The van der Waals surface area contributed by atoms with E-state index in [9.17, 15) is 40.7 Å². The molecule has 8 aliphatic rings. The minimum atomic E-state index is -5.22. The highest BCUT2D eigenvalue weighted by atomic mass is 19.4. The molecule has 4 saturated carbocycles. The molecular formula is C76H118F8N12O14. The highest BCUT2D eigenvalue weighted by Gasteiger charge is 2.57. The maximum Gasteiger partial charge on any atom is 0.397 e. The van der Waals surface area contributed by atoms with Crippen LogP contribution in [0.4, 0.5) is 35.1 Å². The van der Waals surface area contributed by atoms with E-state index in [1.807, 2.05) is 13.8 Å². The summed E-state index contributed by atoms with van der Waals surface area (Å²) < 4.78 is 127. The maximum absolute atomic E-state index is 15.7. The quantitative estimate of drug-likeness (QED) is 0.190. The first-order chi connectivity index (χ1) is 51.7. The van der Waals surface area contributed by atoms with E-state index in [0.29, 0.717) is 57.8 Å². The maximum atomic E-state index is 15.7. The number of nitrogens with zero attached hydrogens (tertiary/aromatic N) is 9. The van der Waals surface area contributed by atoms with Gasteiger partial charge in [-0.2, -0.15) is 26.3 Å². The monoisotopic (exact) mass is 1570 g/mol. The topological polar surface area (TPSA) is 289 Å². The lowest BCUT2D eigenvalue weighted by Crippen LogP contribution is -2.69. The molecule has 4 saturated heterocycles. The summed E-state index contributed by atoms with van der Waals surface area (Å²) in [4.78, 5) is 193. The number of halogens is 8. The molecule has 0 aromatic carbocycles. The first-order valence-corrected chi connectivity index (χ1v) is 39.6. The smallest absolute Gasteiger partial charge is 0.379 e. The number of alkyl halides is 8. The van der Waals surface area contributed by atoms with E-state index in [2.05, 4.69) is 16.0 Å². The Bertz CT molecular complexity index is 3250. The molecule has 2 unspecified atom stereocenters. The number of morpholine rings is 1. The molecule has 12 amide bonds. The molecule has 110 heavy (non-hydrogen) atoms. The van der Waals surface area contributed by atoms with Gasteiger partial charge in [0, 0.05) is 75.6 Å². The first kappa shape index (κ1) is 88.6. The molecule has 26 nitrogen and oxygen atoms in total. The van der Waals surface area contributed by atoms with Crippen LogP contribution in [0.25, 0.3) is 0 Å². The molecule has 2 bridgehead atoms. The lowest BCUT2D eigenvalue weighted by atomic mass is 9.74. The van der Waals surface area contributed by atoms with E-state index in [0.717, 1.165) is 24.5 Å². The van der Waals surface area contributed by atoms with Crippen molar-refractivity contribution >= 4 is 70.9 Å². The predicted molar refractivity (Wildman–Crippen MR) is 385 cm³/mol. The van der Waals surface area contributed by atoms with Crippen molar-refractivity contribution in [1.29, 1.82) is 0 Å². The zero-order valence-corrected chi connectivity index (χ0v) is 65.8. The van der Waals surface area contributed by atoms with Crippen LogP contribution in [-0.4, -0.2) is 302 Å². The van der Waals surface area contributed by atoms with E-state index >= 15 is 51.9 Å². The van der Waals surface area contributed by atoms with E-state index in [1.54, 1.807) is 13.8 Å². The highest BCUT2D eigenvalue weighted by Crippen LogP contribution is 2.46. The molecule has 8 rings (SSSR count). The van der Waals surface area contributed by atoms with Gasteiger partial charge in [-0.05, 0) is 145 Å². The molecule has 4 heterocycles. The summed E-state index contributed by atoms with van der Waals surface area (Å²) in [5.74, 6) is -16.9. The molecule has 34 heteroatoms. The Balaban J connectivity index is 1.20. The second kappa shape index (κ2) is 38.2. The van der Waals surface area contributed by atoms with Crippen LogP contribution in [0.2, 0.25) is 0 Å². The molecule has 4 aliphatic carbocycles. The highest BCUT2D eigenvalue weighted by molar-refractivity contribution is 6.01. The standard InChI is InChI=1S/C76H118F8N12O14/c1-12-45(4)62-71(106)89(6)43-60(99)90(7)53-21-14-13-17-31-95(70(53)105)56(40-46-22-25-49(26-23-46)75(79,80)81)68(103)88(5)42-58(97)85-52(27-24-47-38-50(77)61(51(78)39-47)76(82,83)84)67(102)96-32-28-57(109-11)64(96)66(101)87-74(29-18-30-74)73(108)93(10)63(48-19-15-16-20-48)72(107)92(9)55(69(104)94-33-35-110-36-34-94)41-59(98)91(8)54(37-44(2)3)65(100)86-62/h44-57,61-64H,12-43H2,1-11H3,(H,85,97)(H,86,100)(H,87,101)/t45-,46?,47?,49?,50?,51?,52-,53-,54-,55-,56-,57+,61?,62-,63-,64-/m0/s1. The minimum absolute atomic E-state index is 0.00109. The number of methoxy groups -OCH3 is 1. The molecule has 1 spiro atoms. The van der Waals surface area contributed by atoms with Crippen molar-refractivity contribution in [2.75, 3.05) is 102 Å². The third kappa shape index (κ3) is 21.1. The van der Waals surface area contributed by atoms with Gasteiger partial charge in [0.25, 0.3) is 0 Å². The Labute approximate surface area is 640 Å². The van der Waals surface area contributed by atoms with Gasteiger partial charge in [0.15, 0.2) is 0 Å². The lowest BCUT2D eigenvalue weighted by Gasteiger charge is -2.47. The minimum Gasteiger partial charge on any atom is -0.379 e. The van der Waals surface area contributed by atoms with Gasteiger partial charge in [-0.15, -0.1) is 0 Å². The summed E-state index contributed by atoms with van der Waals surface area (Å²) in [6, 6.07) is -11.4. The van der Waals surface area contributed by atoms with E-state index in [1.165, 1.54) is 69.0 Å².